The number of nitrogens with one attached hydrogen (secondary N) is 1. The van der Waals surface area contributed by atoms with Crippen LogP contribution in [0.15, 0.2) is 17.7 Å². The summed E-state index contributed by atoms with van der Waals surface area (Å²) in [6.07, 6.45) is 3.11. The third kappa shape index (κ3) is 3.64. The molecule has 0 amide bonds. The van der Waals surface area contributed by atoms with Gasteiger partial charge in [0.1, 0.15) is 0 Å². The molecule has 0 aromatic heterocycles. The normalized spacial score (nSPS) is 11.3. The summed E-state index contributed by atoms with van der Waals surface area (Å²) in [4.78, 5) is 0. The Morgan fingerprint density at radius 3 is 2.26 bits per heavy atom. The van der Waals surface area contributed by atoms with Gasteiger partial charge in [0.25, 0.3) is 0 Å². The molecule has 0 saturated carbocycles. The Kier molecular flexibility index (Phi) is 6.22. The van der Waals surface area contributed by atoms with Gasteiger partial charge in [-0.05, 0) is 25.6 Å². The zero-order chi connectivity index (χ0) is 14.3. The van der Waals surface area contributed by atoms with E-state index in [9.17, 15) is 0 Å². The van der Waals surface area contributed by atoms with E-state index in [1.807, 2.05) is 19.2 Å². The summed E-state index contributed by atoms with van der Waals surface area (Å²) in [7, 11) is 6.81. The van der Waals surface area contributed by atoms with Gasteiger partial charge in [-0.2, -0.15) is 0 Å². The molecule has 0 fully saturated rings. The van der Waals surface area contributed by atoms with Crippen LogP contribution in [0.5, 0.6) is 17.2 Å². The van der Waals surface area contributed by atoms with Gasteiger partial charge in [0.2, 0.25) is 5.75 Å². The lowest BCUT2D eigenvalue weighted by molar-refractivity contribution is 0.324. The SMILES string of the molecule is CCC(=Cc1ccc(OC)c(OC)c1OC)CNC. The van der Waals surface area contributed by atoms with Gasteiger partial charge in [0, 0.05) is 12.1 Å². The van der Waals surface area contributed by atoms with Crippen molar-refractivity contribution in [2.24, 2.45) is 0 Å². The maximum atomic E-state index is 5.46. The minimum absolute atomic E-state index is 0.624. The lowest BCUT2D eigenvalue weighted by Gasteiger charge is -2.15. The summed E-state index contributed by atoms with van der Waals surface area (Å²) in [5.41, 5.74) is 2.29. The number of hydrogen-bond acceptors (Lipinski definition) is 4. The second kappa shape index (κ2) is 7.69. The van der Waals surface area contributed by atoms with Crippen molar-refractivity contribution in [1.29, 1.82) is 0 Å². The highest BCUT2D eigenvalue weighted by atomic mass is 16.5. The minimum Gasteiger partial charge on any atom is -0.493 e. The first-order valence-corrected chi connectivity index (χ1v) is 6.34. The fourth-order valence-electron chi connectivity index (χ4n) is 1.96. The van der Waals surface area contributed by atoms with Crippen LogP contribution in [0, 0.1) is 0 Å². The van der Waals surface area contributed by atoms with E-state index in [1.54, 1.807) is 21.3 Å². The number of benzene rings is 1. The Bertz CT molecular complexity index is 441. The van der Waals surface area contributed by atoms with Gasteiger partial charge in [-0.15, -0.1) is 0 Å². The van der Waals surface area contributed by atoms with Crippen molar-refractivity contribution in [1.82, 2.24) is 5.32 Å². The predicted molar refractivity (Wildman–Crippen MR) is 78.3 cm³/mol. The van der Waals surface area contributed by atoms with E-state index in [4.69, 9.17) is 14.2 Å². The van der Waals surface area contributed by atoms with Crippen LogP contribution in [0.2, 0.25) is 0 Å². The van der Waals surface area contributed by atoms with Crippen LogP contribution in [0.4, 0.5) is 0 Å². The van der Waals surface area contributed by atoms with Crippen molar-refractivity contribution in [3.05, 3.63) is 23.3 Å². The van der Waals surface area contributed by atoms with Crippen LogP contribution in [-0.4, -0.2) is 34.9 Å². The molecule has 0 heterocycles. The van der Waals surface area contributed by atoms with Crippen molar-refractivity contribution in [3.63, 3.8) is 0 Å². The second-order valence-corrected chi connectivity index (χ2v) is 4.11. The highest BCUT2D eigenvalue weighted by Crippen LogP contribution is 2.40. The Hall–Kier alpha value is -1.68. The molecule has 1 rings (SSSR count). The molecule has 1 N–H and O–H groups in total. The zero-order valence-corrected chi connectivity index (χ0v) is 12.4. The van der Waals surface area contributed by atoms with Crippen LogP contribution < -0.4 is 19.5 Å². The first kappa shape index (κ1) is 15.4. The molecule has 4 nitrogen and oxygen atoms in total. The molecular formula is C15H23NO3. The number of likely N-dealkylation sites (N-methyl/N-ethyl adjacent to an activating group) is 1. The molecule has 19 heavy (non-hydrogen) atoms. The molecule has 106 valence electrons. The van der Waals surface area contributed by atoms with Gasteiger partial charge < -0.3 is 19.5 Å². The van der Waals surface area contributed by atoms with Gasteiger partial charge in [0.05, 0.1) is 21.3 Å². The Labute approximate surface area is 115 Å². The van der Waals surface area contributed by atoms with Crippen LogP contribution in [-0.2, 0) is 0 Å². The molecule has 0 aliphatic rings. The fraction of sp³-hybridized carbons (Fsp3) is 0.467. The summed E-state index contributed by atoms with van der Waals surface area (Å²) < 4.78 is 16.1. The average Bonchev–Trinajstić information content (AvgIpc) is 2.45. The molecule has 0 saturated heterocycles. The topological polar surface area (TPSA) is 39.7 Å². The number of methoxy groups -OCH3 is 3. The molecular weight excluding hydrogens is 242 g/mol. The number of ether oxygens (including phenoxy) is 3. The first-order chi connectivity index (χ1) is 9.21. The molecule has 1 aromatic carbocycles. The average molecular weight is 265 g/mol. The zero-order valence-electron chi connectivity index (χ0n) is 12.4. The maximum absolute atomic E-state index is 5.46. The van der Waals surface area contributed by atoms with Gasteiger partial charge in [0.15, 0.2) is 11.5 Å². The largest absolute Gasteiger partial charge is 0.493 e. The van der Waals surface area contributed by atoms with Gasteiger partial charge in [-0.3, -0.25) is 0 Å². The third-order valence-corrected chi connectivity index (χ3v) is 2.95. The highest BCUT2D eigenvalue weighted by Gasteiger charge is 2.14. The van der Waals surface area contributed by atoms with E-state index in [2.05, 4.69) is 18.3 Å². The van der Waals surface area contributed by atoms with Crippen molar-refractivity contribution in [2.45, 2.75) is 13.3 Å². The van der Waals surface area contributed by atoms with E-state index >= 15 is 0 Å². The Balaban J connectivity index is 3.28. The summed E-state index contributed by atoms with van der Waals surface area (Å²) in [5, 5.41) is 3.16. The van der Waals surface area contributed by atoms with E-state index in [0.29, 0.717) is 17.2 Å². The minimum atomic E-state index is 0.624. The second-order valence-electron chi connectivity index (χ2n) is 4.11. The molecule has 4 heteroatoms. The van der Waals surface area contributed by atoms with Crippen molar-refractivity contribution in [2.75, 3.05) is 34.9 Å². The third-order valence-electron chi connectivity index (χ3n) is 2.95. The van der Waals surface area contributed by atoms with Gasteiger partial charge >= 0.3 is 0 Å². The number of hydrogen-bond donors (Lipinski definition) is 1. The van der Waals surface area contributed by atoms with E-state index in [-0.39, 0.29) is 0 Å². The molecule has 0 atom stereocenters. The predicted octanol–water partition coefficient (Wildman–Crippen LogP) is 2.73. The lowest BCUT2D eigenvalue weighted by atomic mass is 10.1. The molecule has 0 aliphatic carbocycles. The van der Waals surface area contributed by atoms with Gasteiger partial charge in [-0.1, -0.05) is 18.6 Å². The smallest absolute Gasteiger partial charge is 0.203 e. The number of rotatable bonds is 7. The molecule has 1 aromatic rings. The van der Waals surface area contributed by atoms with Crippen molar-refractivity contribution < 1.29 is 14.2 Å². The van der Waals surface area contributed by atoms with Crippen LogP contribution in [0.25, 0.3) is 6.08 Å². The van der Waals surface area contributed by atoms with E-state index in [0.717, 1.165) is 18.5 Å². The molecule has 0 spiro atoms. The summed E-state index contributed by atoms with van der Waals surface area (Å²) in [6.45, 7) is 2.99. The van der Waals surface area contributed by atoms with E-state index in [1.165, 1.54) is 5.57 Å². The Morgan fingerprint density at radius 1 is 1.11 bits per heavy atom. The van der Waals surface area contributed by atoms with Crippen molar-refractivity contribution >= 4 is 6.08 Å². The first-order valence-electron chi connectivity index (χ1n) is 6.34. The summed E-state index contributed by atoms with van der Waals surface area (Å²) in [5.74, 6) is 1.99. The highest BCUT2D eigenvalue weighted by molar-refractivity contribution is 5.67. The quantitative estimate of drug-likeness (QED) is 0.823. The monoisotopic (exact) mass is 265 g/mol. The molecule has 0 aliphatic heterocycles. The molecule has 0 radical (unpaired) electrons. The van der Waals surface area contributed by atoms with Crippen molar-refractivity contribution in [3.8, 4) is 17.2 Å². The molecule has 0 bridgehead atoms. The van der Waals surface area contributed by atoms with Gasteiger partial charge in [-0.25, -0.2) is 0 Å². The summed E-state index contributed by atoms with van der Waals surface area (Å²) >= 11 is 0. The van der Waals surface area contributed by atoms with Crippen LogP contribution >= 0.6 is 0 Å². The summed E-state index contributed by atoms with van der Waals surface area (Å²) in [6, 6.07) is 3.87. The fourth-order valence-corrected chi connectivity index (χ4v) is 1.96. The van der Waals surface area contributed by atoms with Crippen LogP contribution in [0.3, 0.4) is 0 Å². The maximum Gasteiger partial charge on any atom is 0.203 e. The van der Waals surface area contributed by atoms with E-state index < -0.39 is 0 Å². The Morgan fingerprint density at radius 2 is 1.79 bits per heavy atom. The lowest BCUT2D eigenvalue weighted by Crippen LogP contribution is -2.09. The standard InChI is InChI=1S/C15H23NO3/c1-6-11(10-16-2)9-12-7-8-13(17-3)15(19-5)14(12)18-4/h7-9,16H,6,10H2,1-5H3. The van der Waals surface area contributed by atoms with Crippen LogP contribution in [0.1, 0.15) is 18.9 Å². The molecule has 0 unspecified atom stereocenters.